The lowest BCUT2D eigenvalue weighted by Gasteiger charge is -2.11. The average Bonchev–Trinajstić information content (AvgIpc) is 2.30. The Hall–Kier alpha value is -1.45. The molecule has 3 N–H and O–H groups in total. The van der Waals surface area contributed by atoms with Crippen molar-refractivity contribution < 1.29 is 0 Å². The molecule has 1 heterocycles. The lowest BCUT2D eigenvalue weighted by Crippen LogP contribution is -2.11. The molecule has 1 aromatic carbocycles. The molecule has 0 bridgehead atoms. The molecule has 15 heavy (non-hydrogen) atoms. The predicted molar refractivity (Wildman–Crippen MR) is 64.1 cm³/mol. The molecule has 0 saturated heterocycles. The van der Waals surface area contributed by atoms with Gasteiger partial charge in [-0.3, -0.25) is 0 Å². The first-order valence-electron chi connectivity index (χ1n) is 4.76. The number of H-pyrrole nitrogens is 1. The van der Waals surface area contributed by atoms with E-state index in [1.165, 1.54) is 0 Å². The van der Waals surface area contributed by atoms with Crippen molar-refractivity contribution in [1.82, 2.24) is 4.98 Å². The first-order chi connectivity index (χ1) is 7.27. The molecule has 1 aromatic heterocycles. The molecular formula is C12H12N2S. The van der Waals surface area contributed by atoms with Crippen LogP contribution in [0.5, 0.6) is 0 Å². The van der Waals surface area contributed by atoms with Gasteiger partial charge in [0.2, 0.25) is 0 Å². The summed E-state index contributed by atoms with van der Waals surface area (Å²) in [6, 6.07) is 13.7. The summed E-state index contributed by atoms with van der Waals surface area (Å²) < 4.78 is 0.721. The fourth-order valence-corrected chi connectivity index (χ4v) is 1.60. The molecule has 0 saturated carbocycles. The zero-order chi connectivity index (χ0) is 10.7. The molecule has 2 nitrogen and oxygen atoms in total. The number of hydrogen-bond acceptors (Lipinski definition) is 2. The van der Waals surface area contributed by atoms with E-state index in [0.717, 1.165) is 15.8 Å². The maximum Gasteiger partial charge on any atom is 0.103 e. The SMILES string of the molecule is NC(c1ccccc1)c1ccc(=S)[nH]c1. The van der Waals surface area contributed by atoms with Crippen LogP contribution in [0.4, 0.5) is 0 Å². The van der Waals surface area contributed by atoms with Gasteiger partial charge >= 0.3 is 0 Å². The topological polar surface area (TPSA) is 41.8 Å². The van der Waals surface area contributed by atoms with E-state index in [1.807, 2.05) is 48.7 Å². The molecule has 76 valence electrons. The van der Waals surface area contributed by atoms with Gasteiger partial charge in [-0.1, -0.05) is 48.6 Å². The van der Waals surface area contributed by atoms with Crippen molar-refractivity contribution in [2.45, 2.75) is 6.04 Å². The van der Waals surface area contributed by atoms with Crippen LogP contribution in [-0.4, -0.2) is 4.98 Å². The van der Waals surface area contributed by atoms with E-state index in [4.69, 9.17) is 18.0 Å². The van der Waals surface area contributed by atoms with Gasteiger partial charge in [-0.15, -0.1) is 0 Å². The van der Waals surface area contributed by atoms with E-state index in [0.29, 0.717) is 0 Å². The number of nitrogens with two attached hydrogens (primary N) is 1. The molecule has 1 atom stereocenters. The molecule has 0 fully saturated rings. The Morgan fingerprint density at radius 1 is 1.00 bits per heavy atom. The van der Waals surface area contributed by atoms with Crippen LogP contribution < -0.4 is 5.73 Å². The minimum Gasteiger partial charge on any atom is -0.353 e. The third-order valence-electron chi connectivity index (χ3n) is 2.33. The van der Waals surface area contributed by atoms with Crippen molar-refractivity contribution in [1.29, 1.82) is 0 Å². The van der Waals surface area contributed by atoms with Crippen molar-refractivity contribution >= 4 is 12.2 Å². The Balaban J connectivity index is 2.32. The summed E-state index contributed by atoms with van der Waals surface area (Å²) in [5, 5.41) is 0. The molecule has 2 aromatic rings. The van der Waals surface area contributed by atoms with Gasteiger partial charge in [-0.25, -0.2) is 0 Å². The summed E-state index contributed by atoms with van der Waals surface area (Å²) in [5.41, 5.74) is 8.25. The smallest absolute Gasteiger partial charge is 0.103 e. The number of hydrogen-bond donors (Lipinski definition) is 2. The van der Waals surface area contributed by atoms with Crippen LogP contribution in [0, 0.1) is 4.64 Å². The number of aromatic amines is 1. The minimum absolute atomic E-state index is 0.0990. The number of pyridine rings is 1. The molecule has 2 rings (SSSR count). The molecule has 0 aliphatic heterocycles. The van der Waals surface area contributed by atoms with Gasteiger partial charge in [-0.2, -0.15) is 0 Å². The van der Waals surface area contributed by atoms with Crippen molar-refractivity contribution in [3.8, 4) is 0 Å². The molecule has 0 amide bonds. The van der Waals surface area contributed by atoms with Crippen molar-refractivity contribution in [2.24, 2.45) is 5.73 Å². The Morgan fingerprint density at radius 3 is 2.33 bits per heavy atom. The van der Waals surface area contributed by atoms with Gasteiger partial charge in [0.15, 0.2) is 0 Å². The average molecular weight is 216 g/mol. The highest BCUT2D eigenvalue weighted by Gasteiger charge is 2.06. The van der Waals surface area contributed by atoms with E-state index in [-0.39, 0.29) is 6.04 Å². The summed E-state index contributed by atoms with van der Waals surface area (Å²) >= 11 is 4.98. The van der Waals surface area contributed by atoms with E-state index in [9.17, 15) is 0 Å². The number of rotatable bonds is 2. The summed E-state index contributed by atoms with van der Waals surface area (Å²) in [7, 11) is 0. The second-order valence-electron chi connectivity index (χ2n) is 3.37. The zero-order valence-corrected chi connectivity index (χ0v) is 9.00. The molecule has 0 spiro atoms. The lowest BCUT2D eigenvalue weighted by molar-refractivity contribution is 0.862. The second-order valence-corrected chi connectivity index (χ2v) is 3.81. The van der Waals surface area contributed by atoms with Crippen molar-refractivity contribution in [3.05, 3.63) is 64.4 Å². The van der Waals surface area contributed by atoms with Gasteiger partial charge in [0.05, 0.1) is 6.04 Å². The Kier molecular flexibility index (Phi) is 2.94. The van der Waals surface area contributed by atoms with E-state index in [1.54, 1.807) is 0 Å². The summed E-state index contributed by atoms with van der Waals surface area (Å²) in [5.74, 6) is 0. The zero-order valence-electron chi connectivity index (χ0n) is 8.18. The van der Waals surface area contributed by atoms with Gasteiger partial charge < -0.3 is 10.7 Å². The lowest BCUT2D eigenvalue weighted by atomic mass is 10.0. The van der Waals surface area contributed by atoms with Crippen LogP contribution in [0.15, 0.2) is 48.7 Å². The third kappa shape index (κ3) is 2.32. The van der Waals surface area contributed by atoms with Gasteiger partial charge in [0.25, 0.3) is 0 Å². The molecular weight excluding hydrogens is 204 g/mol. The monoisotopic (exact) mass is 216 g/mol. The van der Waals surface area contributed by atoms with Crippen LogP contribution in [0.1, 0.15) is 17.2 Å². The quantitative estimate of drug-likeness (QED) is 0.758. The predicted octanol–water partition coefficient (Wildman–Crippen LogP) is 2.79. The number of aromatic nitrogens is 1. The van der Waals surface area contributed by atoms with Crippen LogP contribution >= 0.6 is 12.2 Å². The Bertz CT molecular complexity index is 470. The van der Waals surface area contributed by atoms with Crippen LogP contribution in [-0.2, 0) is 0 Å². The van der Waals surface area contributed by atoms with E-state index >= 15 is 0 Å². The summed E-state index contributed by atoms with van der Waals surface area (Å²) in [6.45, 7) is 0. The Morgan fingerprint density at radius 2 is 1.73 bits per heavy atom. The molecule has 3 heteroatoms. The number of nitrogens with one attached hydrogen (secondary N) is 1. The molecule has 0 aliphatic carbocycles. The maximum absolute atomic E-state index is 6.11. The minimum atomic E-state index is -0.0990. The van der Waals surface area contributed by atoms with E-state index < -0.39 is 0 Å². The largest absolute Gasteiger partial charge is 0.353 e. The van der Waals surface area contributed by atoms with Crippen LogP contribution in [0.3, 0.4) is 0 Å². The molecule has 0 aliphatic rings. The highest BCUT2D eigenvalue weighted by Crippen LogP contribution is 2.17. The maximum atomic E-state index is 6.11. The first-order valence-corrected chi connectivity index (χ1v) is 5.17. The van der Waals surface area contributed by atoms with E-state index in [2.05, 4.69) is 4.98 Å². The van der Waals surface area contributed by atoms with Gasteiger partial charge in [0, 0.05) is 6.20 Å². The number of benzene rings is 1. The van der Waals surface area contributed by atoms with Crippen molar-refractivity contribution in [3.63, 3.8) is 0 Å². The van der Waals surface area contributed by atoms with Crippen molar-refractivity contribution in [2.75, 3.05) is 0 Å². The third-order valence-corrected chi connectivity index (χ3v) is 2.58. The van der Waals surface area contributed by atoms with Crippen LogP contribution in [0.2, 0.25) is 0 Å². The molecule has 0 radical (unpaired) electrons. The normalized spacial score (nSPS) is 12.3. The van der Waals surface area contributed by atoms with Crippen LogP contribution in [0.25, 0.3) is 0 Å². The highest BCUT2D eigenvalue weighted by molar-refractivity contribution is 7.71. The summed E-state index contributed by atoms with van der Waals surface area (Å²) in [6.07, 6.45) is 1.86. The fraction of sp³-hybridized carbons (Fsp3) is 0.0833. The first kappa shape index (κ1) is 10.1. The summed E-state index contributed by atoms with van der Waals surface area (Å²) in [4.78, 5) is 2.99. The van der Waals surface area contributed by atoms with Gasteiger partial charge in [-0.05, 0) is 17.2 Å². The Labute approximate surface area is 93.8 Å². The standard InChI is InChI=1S/C12H12N2S/c13-12(9-4-2-1-3-5-9)10-6-7-11(15)14-8-10/h1-8,12H,13H2,(H,14,15). The highest BCUT2D eigenvalue weighted by atomic mass is 32.1. The molecule has 1 unspecified atom stereocenters. The second kappa shape index (κ2) is 4.38. The van der Waals surface area contributed by atoms with Gasteiger partial charge in [0.1, 0.15) is 4.64 Å². The fourth-order valence-electron chi connectivity index (χ4n) is 1.47.